The number of amides is 2. The lowest BCUT2D eigenvalue weighted by molar-refractivity contribution is -0.122. The Balaban J connectivity index is 2.32. The molecule has 6 nitrogen and oxygen atoms in total. The molecule has 1 aliphatic heterocycles. The number of hydrogen-bond donors (Lipinski definition) is 4. The van der Waals surface area contributed by atoms with E-state index in [-0.39, 0.29) is 11.1 Å². The monoisotopic (exact) mass is 220 g/mol. The van der Waals surface area contributed by atoms with Crippen LogP contribution in [0.2, 0.25) is 0 Å². The van der Waals surface area contributed by atoms with Gasteiger partial charge >= 0.3 is 6.03 Å². The molecule has 16 heavy (non-hydrogen) atoms. The van der Waals surface area contributed by atoms with Gasteiger partial charge in [0, 0.05) is 11.1 Å². The molecule has 3 rings (SSSR count). The first-order chi connectivity index (χ1) is 7.49. The summed E-state index contributed by atoms with van der Waals surface area (Å²) in [6.07, 6.45) is 0. The molecule has 2 amide bonds. The highest BCUT2D eigenvalue weighted by Gasteiger charge is 2.68. The van der Waals surface area contributed by atoms with Crippen LogP contribution in [-0.2, 0) is 5.72 Å². The van der Waals surface area contributed by atoms with Gasteiger partial charge in [0.05, 0.1) is 0 Å². The Labute approximate surface area is 89.9 Å². The molecule has 0 aromatic heterocycles. The summed E-state index contributed by atoms with van der Waals surface area (Å²) in [5.74, 6) is -0.719. The van der Waals surface area contributed by atoms with Crippen molar-refractivity contribution in [2.24, 2.45) is 0 Å². The van der Waals surface area contributed by atoms with E-state index in [0.29, 0.717) is 0 Å². The van der Waals surface area contributed by atoms with Crippen molar-refractivity contribution in [1.29, 1.82) is 0 Å². The second-order valence-corrected chi connectivity index (χ2v) is 3.87. The van der Waals surface area contributed by atoms with Crippen molar-refractivity contribution < 1.29 is 19.8 Å². The van der Waals surface area contributed by atoms with Crippen molar-refractivity contribution in [1.82, 2.24) is 10.6 Å². The summed E-state index contributed by atoms with van der Waals surface area (Å²) in [6.45, 7) is 0. The van der Waals surface area contributed by atoms with Gasteiger partial charge in [-0.25, -0.2) is 4.79 Å². The Bertz CT molecular complexity index is 529. The molecule has 1 fully saturated rings. The van der Waals surface area contributed by atoms with E-state index in [2.05, 4.69) is 5.32 Å². The standard InChI is InChI=1S/C10H8N2O4/c13-7-5-3-1-2-4-6(5)9(15)10(7,16)12-8(14)11-9/h1-4,15-16H,(H2,11,12,14)/t9-,10-/m0/s1. The maximum Gasteiger partial charge on any atom is 0.320 e. The molecule has 82 valence electrons. The third-order valence-corrected chi connectivity index (χ3v) is 3.00. The van der Waals surface area contributed by atoms with Crippen molar-refractivity contribution in [3.8, 4) is 0 Å². The zero-order valence-electron chi connectivity index (χ0n) is 8.02. The van der Waals surface area contributed by atoms with Crippen LogP contribution in [0.4, 0.5) is 4.79 Å². The van der Waals surface area contributed by atoms with Crippen LogP contribution in [0.15, 0.2) is 24.3 Å². The van der Waals surface area contributed by atoms with Gasteiger partial charge in [0.1, 0.15) is 0 Å². The van der Waals surface area contributed by atoms with E-state index in [1.165, 1.54) is 12.1 Å². The largest absolute Gasteiger partial charge is 0.363 e. The molecule has 0 spiro atoms. The highest BCUT2D eigenvalue weighted by atomic mass is 16.4. The van der Waals surface area contributed by atoms with E-state index < -0.39 is 23.3 Å². The molecule has 2 aliphatic rings. The number of urea groups is 1. The molecule has 6 heteroatoms. The Morgan fingerprint density at radius 3 is 2.38 bits per heavy atom. The first-order valence-electron chi connectivity index (χ1n) is 4.68. The van der Waals surface area contributed by atoms with Crippen LogP contribution >= 0.6 is 0 Å². The van der Waals surface area contributed by atoms with E-state index in [4.69, 9.17) is 0 Å². The van der Waals surface area contributed by atoms with Crippen molar-refractivity contribution in [3.05, 3.63) is 35.4 Å². The number of fused-ring (bicyclic) bond motifs is 3. The van der Waals surface area contributed by atoms with E-state index >= 15 is 0 Å². The lowest BCUT2D eigenvalue weighted by Crippen LogP contribution is -2.58. The number of carbonyl (C=O) groups excluding carboxylic acids is 2. The van der Waals surface area contributed by atoms with Crippen LogP contribution in [0, 0.1) is 0 Å². The Kier molecular flexibility index (Phi) is 1.41. The minimum atomic E-state index is -2.31. The van der Waals surface area contributed by atoms with Crippen LogP contribution < -0.4 is 10.6 Å². The average molecular weight is 220 g/mol. The van der Waals surface area contributed by atoms with Crippen LogP contribution in [0.5, 0.6) is 0 Å². The van der Waals surface area contributed by atoms with Gasteiger partial charge in [0.15, 0.2) is 0 Å². The minimum Gasteiger partial charge on any atom is -0.363 e. The summed E-state index contributed by atoms with van der Waals surface area (Å²) in [4.78, 5) is 23.0. The topological polar surface area (TPSA) is 98.7 Å². The predicted molar refractivity (Wildman–Crippen MR) is 51.3 cm³/mol. The zero-order chi connectivity index (χ0) is 11.6. The molecular weight excluding hydrogens is 212 g/mol. The summed E-state index contributed by atoms with van der Waals surface area (Å²) < 4.78 is 0. The molecule has 1 saturated heterocycles. The summed E-state index contributed by atoms with van der Waals surface area (Å²) >= 11 is 0. The van der Waals surface area contributed by atoms with Crippen LogP contribution in [0.3, 0.4) is 0 Å². The molecule has 1 heterocycles. The van der Waals surface area contributed by atoms with Gasteiger partial charge in [-0.05, 0) is 0 Å². The minimum absolute atomic E-state index is 0.194. The molecule has 2 atom stereocenters. The van der Waals surface area contributed by atoms with E-state index in [0.717, 1.165) is 0 Å². The summed E-state index contributed by atoms with van der Waals surface area (Å²) in [6, 6.07) is 5.41. The summed E-state index contributed by atoms with van der Waals surface area (Å²) in [5.41, 5.74) is -4.01. The highest BCUT2D eigenvalue weighted by Crippen LogP contribution is 2.43. The van der Waals surface area contributed by atoms with Gasteiger partial charge in [0.25, 0.3) is 5.72 Å². The third-order valence-electron chi connectivity index (χ3n) is 3.00. The van der Waals surface area contributed by atoms with E-state index in [9.17, 15) is 19.8 Å². The van der Waals surface area contributed by atoms with E-state index in [1.807, 2.05) is 5.32 Å². The molecule has 0 saturated carbocycles. The fourth-order valence-corrected chi connectivity index (χ4v) is 2.22. The lowest BCUT2D eigenvalue weighted by atomic mass is 10.0. The van der Waals surface area contributed by atoms with E-state index in [1.54, 1.807) is 12.1 Å². The van der Waals surface area contributed by atoms with Crippen molar-refractivity contribution in [3.63, 3.8) is 0 Å². The number of benzene rings is 1. The predicted octanol–water partition coefficient (Wildman–Crippen LogP) is -0.971. The van der Waals surface area contributed by atoms with Crippen LogP contribution in [-0.4, -0.2) is 27.8 Å². The highest BCUT2D eigenvalue weighted by molar-refractivity contribution is 6.11. The van der Waals surface area contributed by atoms with Crippen LogP contribution in [0.1, 0.15) is 15.9 Å². The first-order valence-corrected chi connectivity index (χ1v) is 4.68. The lowest BCUT2D eigenvalue weighted by Gasteiger charge is -2.27. The second-order valence-electron chi connectivity index (χ2n) is 3.87. The fourth-order valence-electron chi connectivity index (χ4n) is 2.22. The SMILES string of the molecule is O=C1N[C@]2(O)C(=O)c3ccccc3[C@@]2(O)N1. The third kappa shape index (κ3) is 0.763. The molecule has 1 aromatic carbocycles. The first kappa shape index (κ1) is 9.32. The molecule has 0 bridgehead atoms. The Hall–Kier alpha value is -1.92. The quantitative estimate of drug-likeness (QED) is 0.452. The second kappa shape index (κ2) is 2.42. The number of Topliss-reactive ketones (excluding diaryl/α,β-unsaturated/α-hetero) is 1. The Morgan fingerprint density at radius 1 is 1.00 bits per heavy atom. The van der Waals surface area contributed by atoms with Gasteiger partial charge in [0.2, 0.25) is 11.5 Å². The normalized spacial score (nSPS) is 35.4. The van der Waals surface area contributed by atoms with Crippen molar-refractivity contribution >= 4 is 11.8 Å². The van der Waals surface area contributed by atoms with Crippen LogP contribution in [0.25, 0.3) is 0 Å². The number of ketones is 1. The number of rotatable bonds is 0. The van der Waals surface area contributed by atoms with Gasteiger partial charge < -0.3 is 15.5 Å². The smallest absolute Gasteiger partial charge is 0.320 e. The van der Waals surface area contributed by atoms with Gasteiger partial charge in [-0.1, -0.05) is 24.3 Å². The van der Waals surface area contributed by atoms with Gasteiger partial charge in [-0.15, -0.1) is 0 Å². The summed E-state index contributed by atoms with van der Waals surface area (Å²) in [7, 11) is 0. The number of nitrogens with one attached hydrogen (secondary N) is 2. The molecule has 0 unspecified atom stereocenters. The zero-order valence-corrected chi connectivity index (χ0v) is 8.02. The average Bonchev–Trinajstić information content (AvgIpc) is 2.57. The number of aliphatic hydroxyl groups is 2. The fraction of sp³-hybridized carbons (Fsp3) is 0.200. The maximum atomic E-state index is 11.9. The number of hydrogen-bond acceptors (Lipinski definition) is 4. The molecule has 0 radical (unpaired) electrons. The van der Waals surface area contributed by atoms with Gasteiger partial charge in [-0.2, -0.15) is 0 Å². The molecule has 1 aromatic rings. The number of carbonyl (C=O) groups is 2. The molecule has 4 N–H and O–H groups in total. The van der Waals surface area contributed by atoms with Gasteiger partial charge in [-0.3, -0.25) is 10.1 Å². The Morgan fingerprint density at radius 2 is 1.62 bits per heavy atom. The van der Waals surface area contributed by atoms with Crippen molar-refractivity contribution in [2.45, 2.75) is 11.4 Å². The molecular formula is C10H8N2O4. The molecule has 1 aliphatic carbocycles. The maximum absolute atomic E-state index is 11.9. The summed E-state index contributed by atoms with van der Waals surface area (Å²) in [5, 5.41) is 24.5. The van der Waals surface area contributed by atoms with Crippen molar-refractivity contribution in [2.75, 3.05) is 0 Å².